The number of hydrogen-bond acceptors (Lipinski definition) is 4. The second kappa shape index (κ2) is 8.64. The summed E-state index contributed by atoms with van der Waals surface area (Å²) in [6.45, 7) is 8.16. The minimum absolute atomic E-state index is 0.0381. The Labute approximate surface area is 143 Å². The van der Waals surface area contributed by atoms with Crippen LogP contribution in [-0.4, -0.2) is 65.7 Å². The average molecular weight is 340 g/mol. The van der Waals surface area contributed by atoms with Crippen molar-refractivity contribution in [2.24, 2.45) is 0 Å². The highest BCUT2D eigenvalue weighted by Crippen LogP contribution is 2.11. The molecule has 1 aliphatic heterocycles. The van der Waals surface area contributed by atoms with Crippen LogP contribution in [0.4, 0.5) is 0 Å². The van der Waals surface area contributed by atoms with E-state index in [-0.39, 0.29) is 12.0 Å². The zero-order valence-electron chi connectivity index (χ0n) is 13.8. The SMILES string of the molecule is C[C@@H](O)CN1CCN(CC(=O)NCc2ccc(Cl)cc2)C[C@@H]1C. The molecule has 0 spiro atoms. The first-order valence-electron chi connectivity index (χ1n) is 8.09. The van der Waals surface area contributed by atoms with E-state index in [0.717, 1.165) is 25.2 Å². The first kappa shape index (κ1) is 18.2. The van der Waals surface area contributed by atoms with E-state index in [0.29, 0.717) is 30.7 Å². The van der Waals surface area contributed by atoms with Gasteiger partial charge in [0.15, 0.2) is 0 Å². The molecular weight excluding hydrogens is 314 g/mol. The number of aliphatic hydroxyl groups excluding tert-OH is 1. The fourth-order valence-electron chi connectivity index (χ4n) is 2.89. The summed E-state index contributed by atoms with van der Waals surface area (Å²) in [5, 5.41) is 13.1. The number of aliphatic hydroxyl groups is 1. The standard InChI is InChI=1S/C17H26ClN3O2/c1-13-10-20(7-8-21(13)11-14(2)22)12-17(23)19-9-15-3-5-16(18)6-4-15/h3-6,13-14,22H,7-12H2,1-2H3,(H,19,23)/t13-,14+/m0/s1. The zero-order valence-corrected chi connectivity index (χ0v) is 14.6. The van der Waals surface area contributed by atoms with Gasteiger partial charge in [0, 0.05) is 43.8 Å². The van der Waals surface area contributed by atoms with Gasteiger partial charge in [-0.05, 0) is 31.5 Å². The molecule has 0 aliphatic carbocycles. The summed E-state index contributed by atoms with van der Waals surface area (Å²) in [4.78, 5) is 16.5. The lowest BCUT2D eigenvalue weighted by Gasteiger charge is -2.40. The average Bonchev–Trinajstić information content (AvgIpc) is 2.49. The van der Waals surface area contributed by atoms with Crippen molar-refractivity contribution in [2.45, 2.75) is 32.5 Å². The van der Waals surface area contributed by atoms with E-state index >= 15 is 0 Å². The summed E-state index contributed by atoms with van der Waals surface area (Å²) in [7, 11) is 0. The first-order valence-corrected chi connectivity index (χ1v) is 8.47. The molecule has 1 saturated heterocycles. The second-order valence-corrected chi connectivity index (χ2v) is 6.77. The van der Waals surface area contributed by atoms with Gasteiger partial charge in [-0.15, -0.1) is 0 Å². The van der Waals surface area contributed by atoms with Crippen molar-refractivity contribution < 1.29 is 9.90 Å². The van der Waals surface area contributed by atoms with Crippen LogP contribution in [0.3, 0.4) is 0 Å². The number of benzene rings is 1. The van der Waals surface area contributed by atoms with Crippen molar-refractivity contribution in [1.82, 2.24) is 15.1 Å². The molecule has 1 aromatic rings. The van der Waals surface area contributed by atoms with Crippen molar-refractivity contribution in [2.75, 3.05) is 32.7 Å². The normalized spacial score (nSPS) is 21.1. The van der Waals surface area contributed by atoms with Gasteiger partial charge in [0.25, 0.3) is 0 Å². The van der Waals surface area contributed by atoms with Crippen LogP contribution in [0, 0.1) is 0 Å². The fourth-order valence-corrected chi connectivity index (χ4v) is 3.01. The Morgan fingerprint density at radius 2 is 2.09 bits per heavy atom. The van der Waals surface area contributed by atoms with Gasteiger partial charge >= 0.3 is 0 Å². The van der Waals surface area contributed by atoms with Crippen LogP contribution in [-0.2, 0) is 11.3 Å². The number of nitrogens with zero attached hydrogens (tertiary/aromatic N) is 2. The van der Waals surface area contributed by atoms with Crippen LogP contribution in [0.1, 0.15) is 19.4 Å². The van der Waals surface area contributed by atoms with E-state index in [2.05, 4.69) is 22.0 Å². The van der Waals surface area contributed by atoms with E-state index in [1.54, 1.807) is 0 Å². The van der Waals surface area contributed by atoms with Gasteiger partial charge in [0.2, 0.25) is 5.91 Å². The monoisotopic (exact) mass is 339 g/mol. The molecule has 6 heteroatoms. The highest BCUT2D eigenvalue weighted by molar-refractivity contribution is 6.30. The molecule has 23 heavy (non-hydrogen) atoms. The summed E-state index contributed by atoms with van der Waals surface area (Å²) >= 11 is 5.85. The van der Waals surface area contributed by atoms with Crippen molar-refractivity contribution in [3.8, 4) is 0 Å². The van der Waals surface area contributed by atoms with Crippen LogP contribution >= 0.6 is 11.6 Å². The summed E-state index contributed by atoms with van der Waals surface area (Å²) < 4.78 is 0. The number of hydrogen-bond donors (Lipinski definition) is 2. The predicted molar refractivity (Wildman–Crippen MR) is 92.5 cm³/mol. The molecule has 2 atom stereocenters. The van der Waals surface area contributed by atoms with Gasteiger partial charge < -0.3 is 10.4 Å². The van der Waals surface area contributed by atoms with E-state index in [1.165, 1.54) is 0 Å². The van der Waals surface area contributed by atoms with E-state index in [9.17, 15) is 9.90 Å². The van der Waals surface area contributed by atoms with E-state index < -0.39 is 0 Å². The number of carbonyl (C=O) groups is 1. The second-order valence-electron chi connectivity index (χ2n) is 6.33. The molecule has 2 rings (SSSR count). The van der Waals surface area contributed by atoms with Crippen LogP contribution in [0.2, 0.25) is 5.02 Å². The number of rotatable bonds is 6. The molecule has 1 heterocycles. The quantitative estimate of drug-likeness (QED) is 0.821. The number of piperazine rings is 1. The summed E-state index contributed by atoms with van der Waals surface area (Å²) in [5.74, 6) is 0.0381. The van der Waals surface area contributed by atoms with Crippen molar-refractivity contribution in [1.29, 1.82) is 0 Å². The molecule has 0 aromatic heterocycles. The third kappa shape index (κ3) is 6.11. The van der Waals surface area contributed by atoms with Crippen molar-refractivity contribution >= 4 is 17.5 Å². The minimum atomic E-state index is -0.313. The Morgan fingerprint density at radius 3 is 2.70 bits per heavy atom. The van der Waals surface area contributed by atoms with Crippen LogP contribution in [0.15, 0.2) is 24.3 Å². The Balaban J connectivity index is 1.72. The Morgan fingerprint density at radius 1 is 1.39 bits per heavy atom. The van der Waals surface area contributed by atoms with Gasteiger partial charge in [-0.2, -0.15) is 0 Å². The molecule has 1 fully saturated rings. The molecule has 1 aromatic carbocycles. The summed E-state index contributed by atoms with van der Waals surface area (Å²) in [6.07, 6.45) is -0.313. The number of nitrogens with one attached hydrogen (secondary N) is 1. The molecule has 2 N–H and O–H groups in total. The lowest BCUT2D eigenvalue weighted by molar-refractivity contribution is -0.123. The Hall–Kier alpha value is -1.14. The maximum atomic E-state index is 12.1. The fraction of sp³-hybridized carbons (Fsp3) is 0.588. The number of halogens is 1. The van der Waals surface area contributed by atoms with Crippen LogP contribution in [0.5, 0.6) is 0 Å². The zero-order chi connectivity index (χ0) is 16.8. The maximum absolute atomic E-state index is 12.1. The van der Waals surface area contributed by atoms with Crippen LogP contribution < -0.4 is 5.32 Å². The molecule has 128 valence electrons. The summed E-state index contributed by atoms with van der Waals surface area (Å²) in [5.41, 5.74) is 1.04. The number of amides is 1. The molecular formula is C17H26ClN3O2. The molecule has 0 unspecified atom stereocenters. The van der Waals surface area contributed by atoms with Gasteiger partial charge in [0.1, 0.15) is 0 Å². The molecule has 1 aliphatic rings. The number of β-amino-alcohol motifs (C(OH)–C–C–N with tert-alkyl or cyclic N) is 1. The predicted octanol–water partition coefficient (Wildman–Crippen LogP) is 1.34. The topological polar surface area (TPSA) is 55.8 Å². The first-order chi connectivity index (χ1) is 10.9. The summed E-state index contributed by atoms with van der Waals surface area (Å²) in [6, 6.07) is 7.83. The molecule has 0 radical (unpaired) electrons. The van der Waals surface area contributed by atoms with Crippen LogP contribution in [0.25, 0.3) is 0 Å². The lowest BCUT2D eigenvalue weighted by atomic mass is 10.1. The highest BCUT2D eigenvalue weighted by Gasteiger charge is 2.25. The molecule has 5 nitrogen and oxygen atoms in total. The molecule has 1 amide bonds. The molecule has 0 saturated carbocycles. The Bertz CT molecular complexity index is 507. The van der Waals surface area contributed by atoms with Gasteiger partial charge in [0.05, 0.1) is 12.6 Å². The van der Waals surface area contributed by atoms with Gasteiger partial charge in [-0.1, -0.05) is 23.7 Å². The highest BCUT2D eigenvalue weighted by atomic mass is 35.5. The number of carbonyl (C=O) groups excluding carboxylic acids is 1. The lowest BCUT2D eigenvalue weighted by Crippen LogP contribution is -2.55. The third-order valence-electron chi connectivity index (χ3n) is 4.12. The molecule has 0 bridgehead atoms. The smallest absolute Gasteiger partial charge is 0.234 e. The van der Waals surface area contributed by atoms with Gasteiger partial charge in [-0.3, -0.25) is 14.6 Å². The van der Waals surface area contributed by atoms with Gasteiger partial charge in [-0.25, -0.2) is 0 Å². The Kier molecular flexibility index (Phi) is 6.84. The van der Waals surface area contributed by atoms with E-state index in [4.69, 9.17) is 11.6 Å². The minimum Gasteiger partial charge on any atom is -0.392 e. The third-order valence-corrected chi connectivity index (χ3v) is 4.37. The van der Waals surface area contributed by atoms with Crippen molar-refractivity contribution in [3.05, 3.63) is 34.9 Å². The maximum Gasteiger partial charge on any atom is 0.234 e. The van der Waals surface area contributed by atoms with E-state index in [1.807, 2.05) is 31.2 Å². The van der Waals surface area contributed by atoms with Crippen molar-refractivity contribution in [3.63, 3.8) is 0 Å². The largest absolute Gasteiger partial charge is 0.392 e.